The zero-order valence-electron chi connectivity index (χ0n) is 19.0. The number of nitrogens with zero attached hydrogens (tertiary/aromatic N) is 6. The summed E-state index contributed by atoms with van der Waals surface area (Å²) in [5.74, 6) is 0.856. The fourth-order valence-corrected chi connectivity index (χ4v) is 4.28. The van der Waals surface area contributed by atoms with E-state index >= 15 is 0 Å². The van der Waals surface area contributed by atoms with Crippen molar-refractivity contribution in [3.63, 3.8) is 0 Å². The third-order valence-corrected chi connectivity index (χ3v) is 6.21. The molecule has 0 spiro atoms. The Kier molecular flexibility index (Phi) is 6.51. The molecule has 3 heterocycles. The van der Waals surface area contributed by atoms with Crippen LogP contribution in [0.25, 0.3) is 21.8 Å². The van der Waals surface area contributed by atoms with Gasteiger partial charge in [-0.3, -0.25) is 9.48 Å². The van der Waals surface area contributed by atoms with Crippen molar-refractivity contribution in [3.05, 3.63) is 65.5 Å². The van der Waals surface area contributed by atoms with Gasteiger partial charge >= 0.3 is 0 Å². The Morgan fingerprint density at radius 3 is 2.97 bits per heavy atom. The Bertz CT molecular complexity index is 1460. The van der Waals surface area contributed by atoms with Gasteiger partial charge in [-0.05, 0) is 30.3 Å². The topological polar surface area (TPSA) is 118 Å². The maximum Gasteiger partial charge on any atom is 0.248 e. The first-order chi connectivity index (χ1) is 17.1. The summed E-state index contributed by atoms with van der Waals surface area (Å²) in [4.78, 5) is 26.2. The molecule has 0 aliphatic rings. The van der Waals surface area contributed by atoms with Crippen LogP contribution in [0.15, 0.2) is 59.8 Å². The molecule has 1 amide bonds. The van der Waals surface area contributed by atoms with Gasteiger partial charge in [-0.25, -0.2) is 15.0 Å². The summed E-state index contributed by atoms with van der Waals surface area (Å²) >= 11 is 1.57. The number of thiazole rings is 1. The van der Waals surface area contributed by atoms with E-state index in [1.54, 1.807) is 18.4 Å². The fourth-order valence-electron chi connectivity index (χ4n) is 3.73. The van der Waals surface area contributed by atoms with Crippen LogP contribution in [0, 0.1) is 0 Å². The molecule has 11 heteroatoms. The Morgan fingerprint density at radius 1 is 1.23 bits per heavy atom. The van der Waals surface area contributed by atoms with Crippen LogP contribution in [0.2, 0.25) is 0 Å². The average molecular weight is 490 g/mol. The Labute approximate surface area is 204 Å². The number of aliphatic hydroxyl groups is 1. The van der Waals surface area contributed by atoms with Gasteiger partial charge in [0.1, 0.15) is 31.1 Å². The van der Waals surface area contributed by atoms with Gasteiger partial charge in [-0.2, -0.15) is 5.10 Å². The summed E-state index contributed by atoms with van der Waals surface area (Å²) in [6.07, 6.45) is 3.34. The van der Waals surface area contributed by atoms with E-state index in [4.69, 9.17) is 9.84 Å². The van der Waals surface area contributed by atoms with Gasteiger partial charge in [0, 0.05) is 23.5 Å². The summed E-state index contributed by atoms with van der Waals surface area (Å²) in [5, 5.41) is 20.7. The van der Waals surface area contributed by atoms with Crippen LogP contribution in [0.1, 0.15) is 5.69 Å². The number of aliphatic hydroxyl groups excluding tert-OH is 1. The van der Waals surface area contributed by atoms with Crippen molar-refractivity contribution in [2.24, 2.45) is 0 Å². The number of hydrogen-bond donors (Lipinski definition) is 2. The number of hydrogen-bond acceptors (Lipinski definition) is 9. The summed E-state index contributed by atoms with van der Waals surface area (Å²) in [7, 11) is 1.62. The number of fused-ring (bicyclic) bond motifs is 2. The number of rotatable bonds is 9. The maximum absolute atomic E-state index is 11.6. The molecule has 5 rings (SSSR count). The van der Waals surface area contributed by atoms with Crippen LogP contribution in [0.5, 0.6) is 5.75 Å². The van der Waals surface area contributed by atoms with Crippen LogP contribution in [-0.4, -0.2) is 67.5 Å². The molecule has 0 fully saturated rings. The third kappa shape index (κ3) is 4.91. The highest BCUT2D eigenvalue weighted by Crippen LogP contribution is 2.32. The van der Waals surface area contributed by atoms with E-state index in [2.05, 4.69) is 25.4 Å². The van der Waals surface area contributed by atoms with Crippen LogP contribution in [0.4, 0.5) is 11.5 Å². The van der Waals surface area contributed by atoms with E-state index in [9.17, 15) is 4.79 Å². The highest BCUT2D eigenvalue weighted by molar-refractivity contribution is 7.07. The quantitative estimate of drug-likeness (QED) is 0.324. The first-order valence-electron chi connectivity index (χ1n) is 10.9. The van der Waals surface area contributed by atoms with Gasteiger partial charge in [-0.15, -0.1) is 11.3 Å². The molecule has 0 bridgehead atoms. The first-order valence-corrected chi connectivity index (χ1v) is 11.9. The molecular weight excluding hydrogens is 466 g/mol. The summed E-state index contributed by atoms with van der Waals surface area (Å²) < 4.78 is 7.90. The molecule has 3 aromatic heterocycles. The predicted molar refractivity (Wildman–Crippen MR) is 134 cm³/mol. The second-order valence-corrected chi connectivity index (χ2v) is 8.59. The largest absolute Gasteiger partial charge is 0.491 e. The van der Waals surface area contributed by atoms with E-state index in [1.165, 1.54) is 11.2 Å². The molecule has 2 N–H and O–H groups in total. The lowest BCUT2D eigenvalue weighted by molar-refractivity contribution is -0.133. The zero-order chi connectivity index (χ0) is 24.2. The van der Waals surface area contributed by atoms with Crippen LogP contribution in [0.3, 0.4) is 0 Å². The monoisotopic (exact) mass is 489 g/mol. The Balaban J connectivity index is 1.38. The lowest BCUT2D eigenvalue weighted by Crippen LogP contribution is -2.32. The molecule has 0 radical (unpaired) electrons. The molecule has 0 aliphatic heterocycles. The standard InChI is InChI=1S/C24H23N7O3S/c1-30(22(33)12-32)7-8-34-21-4-2-3-19-23(21)24(26-14-25-19)29-17-5-6-20-16(9-17)10-28-31(20)11-18-13-35-15-27-18/h2-6,9-10,13-15,32H,7-8,11-12H2,1H3,(H,25,26,29). The number of benzene rings is 2. The van der Waals surface area contributed by atoms with Gasteiger partial charge in [-0.1, -0.05) is 6.07 Å². The SMILES string of the molecule is CN(CCOc1cccc2ncnc(Nc3ccc4c(cnn4Cc4cscn4)c3)c12)C(=O)CO. The molecule has 10 nitrogen and oxygen atoms in total. The number of nitrogens with one attached hydrogen (secondary N) is 1. The molecule has 5 aromatic rings. The smallest absolute Gasteiger partial charge is 0.248 e. The second-order valence-electron chi connectivity index (χ2n) is 7.88. The lowest BCUT2D eigenvalue weighted by Gasteiger charge is -2.17. The summed E-state index contributed by atoms with van der Waals surface area (Å²) in [6, 6.07) is 11.6. The Hall–Kier alpha value is -4.09. The highest BCUT2D eigenvalue weighted by atomic mass is 32.1. The van der Waals surface area contributed by atoms with Crippen LogP contribution < -0.4 is 10.1 Å². The van der Waals surface area contributed by atoms with Crippen molar-refractivity contribution in [3.8, 4) is 5.75 Å². The number of carbonyl (C=O) groups excluding carboxylic acids is 1. The molecule has 178 valence electrons. The average Bonchev–Trinajstić information content (AvgIpc) is 3.54. The molecule has 0 saturated heterocycles. The fraction of sp³-hybridized carbons (Fsp3) is 0.208. The number of anilines is 2. The molecular formula is C24H23N7O3S. The number of amides is 1. The van der Waals surface area contributed by atoms with E-state index in [0.29, 0.717) is 24.7 Å². The molecule has 0 aliphatic carbocycles. The van der Waals surface area contributed by atoms with Gasteiger partial charge < -0.3 is 20.1 Å². The van der Waals surface area contributed by atoms with Crippen molar-refractivity contribution >= 4 is 50.6 Å². The minimum absolute atomic E-state index is 0.264. The van der Waals surface area contributed by atoms with Crippen molar-refractivity contribution in [2.75, 3.05) is 32.1 Å². The molecule has 2 aromatic carbocycles. The zero-order valence-corrected chi connectivity index (χ0v) is 19.8. The van der Waals surface area contributed by atoms with Crippen molar-refractivity contribution < 1.29 is 14.6 Å². The molecule has 0 atom stereocenters. The number of carbonyl (C=O) groups is 1. The van der Waals surface area contributed by atoms with Crippen molar-refractivity contribution in [1.82, 2.24) is 29.6 Å². The normalized spacial score (nSPS) is 11.1. The first kappa shape index (κ1) is 22.7. The lowest BCUT2D eigenvalue weighted by atomic mass is 10.2. The van der Waals surface area contributed by atoms with E-state index in [0.717, 1.165) is 33.2 Å². The van der Waals surface area contributed by atoms with E-state index in [-0.39, 0.29) is 12.5 Å². The van der Waals surface area contributed by atoms with Crippen LogP contribution >= 0.6 is 11.3 Å². The van der Waals surface area contributed by atoms with Crippen molar-refractivity contribution in [2.45, 2.75) is 6.54 Å². The van der Waals surface area contributed by atoms with Gasteiger partial charge in [0.15, 0.2) is 0 Å². The van der Waals surface area contributed by atoms with Gasteiger partial charge in [0.25, 0.3) is 0 Å². The number of aromatic nitrogens is 5. The Morgan fingerprint density at radius 2 is 2.14 bits per heavy atom. The molecule has 0 unspecified atom stereocenters. The van der Waals surface area contributed by atoms with E-state index < -0.39 is 6.61 Å². The predicted octanol–water partition coefficient (Wildman–Crippen LogP) is 3.06. The van der Waals surface area contributed by atoms with E-state index in [1.807, 2.05) is 58.2 Å². The van der Waals surface area contributed by atoms with Gasteiger partial charge in [0.2, 0.25) is 5.91 Å². The number of ether oxygens (including phenoxy) is 1. The second kappa shape index (κ2) is 10.0. The van der Waals surface area contributed by atoms with Crippen LogP contribution in [-0.2, 0) is 11.3 Å². The summed E-state index contributed by atoms with van der Waals surface area (Å²) in [5.41, 5.74) is 5.40. The minimum atomic E-state index is -0.527. The maximum atomic E-state index is 11.6. The van der Waals surface area contributed by atoms with Gasteiger partial charge in [0.05, 0.1) is 46.9 Å². The third-order valence-electron chi connectivity index (χ3n) is 5.57. The van der Waals surface area contributed by atoms with Crippen molar-refractivity contribution in [1.29, 1.82) is 0 Å². The summed E-state index contributed by atoms with van der Waals surface area (Å²) in [6.45, 7) is 0.699. The molecule has 35 heavy (non-hydrogen) atoms. The number of likely N-dealkylation sites (N-methyl/N-ethyl adjacent to an activating group) is 1. The highest BCUT2D eigenvalue weighted by Gasteiger charge is 2.13. The minimum Gasteiger partial charge on any atom is -0.491 e. The molecule has 0 saturated carbocycles.